The zero-order valence-electron chi connectivity index (χ0n) is 11.7. The predicted octanol–water partition coefficient (Wildman–Crippen LogP) is 1.05. The van der Waals surface area contributed by atoms with Crippen molar-refractivity contribution in [3.63, 3.8) is 0 Å². The van der Waals surface area contributed by atoms with E-state index in [1.165, 1.54) is 10.3 Å². The summed E-state index contributed by atoms with van der Waals surface area (Å²) in [5.74, 6) is -0.109. The molecule has 0 unspecified atom stereocenters. The Labute approximate surface area is 122 Å². The third-order valence-electron chi connectivity index (χ3n) is 3.99. The Morgan fingerprint density at radius 1 is 1.38 bits per heavy atom. The number of fused-ring (bicyclic) bond motifs is 1. The van der Waals surface area contributed by atoms with Crippen LogP contribution in [0.4, 0.5) is 0 Å². The van der Waals surface area contributed by atoms with E-state index in [0.29, 0.717) is 5.56 Å². The lowest BCUT2D eigenvalue weighted by molar-refractivity contribution is -0.129. The van der Waals surface area contributed by atoms with Crippen molar-refractivity contribution < 1.29 is 13.2 Å². The molecule has 2 heterocycles. The molecule has 21 heavy (non-hydrogen) atoms. The van der Waals surface area contributed by atoms with Crippen molar-refractivity contribution in [3.05, 3.63) is 34.7 Å². The van der Waals surface area contributed by atoms with Crippen molar-refractivity contribution in [3.8, 4) is 0 Å². The van der Waals surface area contributed by atoms with E-state index in [1.54, 1.807) is 31.3 Å². The fourth-order valence-corrected chi connectivity index (χ4v) is 3.81. The monoisotopic (exact) mass is 305 g/mol. The van der Waals surface area contributed by atoms with Gasteiger partial charge in [-0.2, -0.15) is 0 Å². The first-order chi connectivity index (χ1) is 9.73. The molecule has 0 radical (unpaired) electrons. The second-order valence-electron chi connectivity index (χ2n) is 5.54. The van der Waals surface area contributed by atoms with Gasteiger partial charge in [0.1, 0.15) is 0 Å². The largest absolute Gasteiger partial charge is 0.346 e. The highest BCUT2D eigenvalue weighted by Gasteiger charge is 2.38. The van der Waals surface area contributed by atoms with Crippen molar-refractivity contribution in [2.24, 2.45) is 0 Å². The summed E-state index contributed by atoms with van der Waals surface area (Å²) in [4.78, 5) is 13.5. The normalized spacial score (nSPS) is 26.7. The number of hydrogen-bond acceptors (Lipinski definition) is 4. The minimum atomic E-state index is -3.32. The van der Waals surface area contributed by atoms with Crippen LogP contribution in [0.3, 0.4) is 0 Å². The summed E-state index contributed by atoms with van der Waals surface area (Å²) >= 11 is 0. The first-order valence-electron chi connectivity index (χ1n) is 6.44. The van der Waals surface area contributed by atoms with Gasteiger partial charge in [0, 0.05) is 12.5 Å². The van der Waals surface area contributed by atoms with E-state index in [4.69, 9.17) is 5.41 Å². The van der Waals surface area contributed by atoms with Gasteiger partial charge < -0.3 is 5.32 Å². The Bertz CT molecular complexity index is 778. The summed E-state index contributed by atoms with van der Waals surface area (Å²) in [6, 6.07) is 5.01. The molecule has 1 aromatic carbocycles. The lowest BCUT2D eigenvalue weighted by Gasteiger charge is -2.39. The van der Waals surface area contributed by atoms with Crippen LogP contribution in [-0.4, -0.2) is 32.2 Å². The molecular weight excluding hydrogens is 290 g/mol. The minimum absolute atomic E-state index is 0.0393. The van der Waals surface area contributed by atoms with Crippen molar-refractivity contribution >= 4 is 27.8 Å². The molecule has 110 valence electrons. The fourth-order valence-electron chi connectivity index (χ4n) is 2.63. The van der Waals surface area contributed by atoms with Crippen molar-refractivity contribution in [2.45, 2.75) is 23.8 Å². The zero-order valence-corrected chi connectivity index (χ0v) is 12.5. The predicted molar refractivity (Wildman–Crippen MR) is 78.3 cm³/mol. The number of nitrogens with one attached hydrogen (secondary N) is 2. The second kappa shape index (κ2) is 4.17. The van der Waals surface area contributed by atoms with E-state index < -0.39 is 15.4 Å². The van der Waals surface area contributed by atoms with E-state index in [1.807, 2.05) is 6.92 Å². The van der Waals surface area contributed by atoms with Gasteiger partial charge in [0.25, 0.3) is 0 Å². The number of sulfone groups is 1. The molecule has 6 nitrogen and oxygen atoms in total. The van der Waals surface area contributed by atoms with Gasteiger partial charge in [-0.15, -0.1) is 0 Å². The van der Waals surface area contributed by atoms with Crippen LogP contribution in [0.5, 0.6) is 0 Å². The lowest BCUT2D eigenvalue weighted by atomic mass is 9.86. The van der Waals surface area contributed by atoms with Crippen molar-refractivity contribution in [1.82, 2.24) is 10.2 Å². The highest BCUT2D eigenvalue weighted by Crippen LogP contribution is 2.34. The SMILES string of the molecule is CN1C(=N)N[C@](C)(c2ccc3c(c2)C=CS3(=O)=O)CC1=O. The highest BCUT2D eigenvalue weighted by atomic mass is 32.2. The average molecular weight is 305 g/mol. The van der Waals surface area contributed by atoms with E-state index in [9.17, 15) is 13.2 Å². The molecular formula is C14H15N3O3S. The topological polar surface area (TPSA) is 90.3 Å². The van der Waals surface area contributed by atoms with Crippen LogP contribution in [0.1, 0.15) is 24.5 Å². The molecule has 1 fully saturated rings. The molecule has 1 amide bonds. The molecule has 1 aromatic rings. The van der Waals surface area contributed by atoms with Crippen molar-refractivity contribution in [1.29, 1.82) is 5.41 Å². The molecule has 2 aliphatic heterocycles. The second-order valence-corrected chi connectivity index (χ2v) is 7.34. The summed E-state index contributed by atoms with van der Waals surface area (Å²) in [5.41, 5.74) is 0.693. The summed E-state index contributed by atoms with van der Waals surface area (Å²) in [6.45, 7) is 1.83. The Morgan fingerprint density at radius 3 is 2.76 bits per heavy atom. The Balaban J connectivity index is 2.04. The molecule has 0 aliphatic carbocycles. The van der Waals surface area contributed by atoms with Gasteiger partial charge in [-0.3, -0.25) is 15.1 Å². The Kier molecular flexibility index (Phi) is 2.75. The summed E-state index contributed by atoms with van der Waals surface area (Å²) < 4.78 is 23.5. The summed E-state index contributed by atoms with van der Waals surface area (Å²) in [7, 11) is -1.77. The number of amides is 1. The minimum Gasteiger partial charge on any atom is -0.346 e. The summed E-state index contributed by atoms with van der Waals surface area (Å²) in [6.07, 6.45) is 1.76. The maximum atomic E-state index is 12.0. The third-order valence-corrected chi connectivity index (χ3v) is 5.47. The molecule has 0 bridgehead atoms. The van der Waals surface area contributed by atoms with E-state index in [0.717, 1.165) is 5.56 Å². The molecule has 1 saturated heterocycles. The number of nitrogens with zero attached hydrogens (tertiary/aromatic N) is 1. The smallest absolute Gasteiger partial charge is 0.231 e. The number of benzene rings is 1. The van der Waals surface area contributed by atoms with Gasteiger partial charge in [-0.1, -0.05) is 6.07 Å². The van der Waals surface area contributed by atoms with Crippen LogP contribution >= 0.6 is 0 Å². The van der Waals surface area contributed by atoms with Crippen LogP contribution < -0.4 is 5.32 Å². The van der Waals surface area contributed by atoms with Gasteiger partial charge in [0.2, 0.25) is 5.91 Å². The van der Waals surface area contributed by atoms with Gasteiger partial charge in [-0.05, 0) is 36.3 Å². The standard InChI is InChI=1S/C14H15N3O3S/c1-14(8-12(18)17(2)13(15)16-14)10-3-4-11-9(7-10)5-6-21(11,19)20/h3-7H,8H2,1-2H3,(H2,15,16)/t14-/m0/s1. The van der Waals surface area contributed by atoms with Gasteiger partial charge >= 0.3 is 0 Å². The first kappa shape index (κ1) is 13.8. The molecule has 1 atom stereocenters. The fraction of sp³-hybridized carbons (Fsp3) is 0.286. The number of rotatable bonds is 1. The number of carbonyl (C=O) groups is 1. The van der Waals surface area contributed by atoms with E-state index in [-0.39, 0.29) is 23.2 Å². The quantitative estimate of drug-likeness (QED) is 0.811. The van der Waals surface area contributed by atoms with Crippen LogP contribution in [0.2, 0.25) is 0 Å². The number of hydrogen-bond donors (Lipinski definition) is 2. The van der Waals surface area contributed by atoms with Crippen LogP contribution in [0.25, 0.3) is 6.08 Å². The van der Waals surface area contributed by atoms with Gasteiger partial charge in [0.15, 0.2) is 15.8 Å². The molecule has 7 heteroatoms. The van der Waals surface area contributed by atoms with Crippen LogP contribution in [-0.2, 0) is 20.2 Å². The molecule has 3 rings (SSSR count). The van der Waals surface area contributed by atoms with Crippen molar-refractivity contribution in [2.75, 3.05) is 7.05 Å². The summed E-state index contributed by atoms with van der Waals surface area (Å²) in [5, 5.41) is 12.0. The maximum absolute atomic E-state index is 12.0. The molecule has 0 saturated carbocycles. The number of guanidine groups is 1. The molecule has 2 aliphatic rings. The highest BCUT2D eigenvalue weighted by molar-refractivity contribution is 7.94. The molecule has 0 spiro atoms. The van der Waals surface area contributed by atoms with Crippen LogP contribution in [0.15, 0.2) is 28.5 Å². The zero-order chi connectivity index (χ0) is 15.4. The van der Waals surface area contributed by atoms with Crippen LogP contribution in [0, 0.1) is 5.41 Å². The van der Waals surface area contributed by atoms with E-state index >= 15 is 0 Å². The van der Waals surface area contributed by atoms with Gasteiger partial charge in [-0.25, -0.2) is 8.42 Å². The molecule has 0 aromatic heterocycles. The average Bonchev–Trinajstić information content (AvgIpc) is 2.72. The number of carbonyl (C=O) groups excluding carboxylic acids is 1. The third kappa shape index (κ3) is 2.04. The molecule has 2 N–H and O–H groups in total. The van der Waals surface area contributed by atoms with Gasteiger partial charge in [0.05, 0.1) is 16.9 Å². The lowest BCUT2D eigenvalue weighted by Crippen LogP contribution is -2.58. The van der Waals surface area contributed by atoms with E-state index in [2.05, 4.69) is 5.32 Å². The Hall–Kier alpha value is -2.15. The maximum Gasteiger partial charge on any atom is 0.231 e. The Morgan fingerprint density at radius 2 is 2.10 bits per heavy atom. The first-order valence-corrected chi connectivity index (χ1v) is 7.99.